The first-order valence-corrected chi connectivity index (χ1v) is 8.43. The molecule has 1 saturated heterocycles. The summed E-state index contributed by atoms with van der Waals surface area (Å²) in [5.74, 6) is 0. The van der Waals surface area contributed by atoms with Crippen molar-refractivity contribution in [2.24, 2.45) is 0 Å². The van der Waals surface area contributed by atoms with Crippen LogP contribution < -0.4 is 5.32 Å². The fourth-order valence-corrected chi connectivity index (χ4v) is 2.81. The monoisotopic (exact) mass is 300 g/mol. The van der Waals surface area contributed by atoms with E-state index in [9.17, 15) is 0 Å². The lowest BCUT2D eigenvalue weighted by molar-refractivity contribution is 0.0581. The summed E-state index contributed by atoms with van der Waals surface area (Å²) in [6, 6.07) is 0. The van der Waals surface area contributed by atoms with Gasteiger partial charge in [0.1, 0.15) is 6.23 Å². The molecule has 5 heteroatoms. The van der Waals surface area contributed by atoms with Gasteiger partial charge in [0.25, 0.3) is 0 Å². The number of nitrogens with one attached hydrogen (secondary N) is 1. The SMILES string of the molecule is COC1CCN(C)CCCN(C)CCCN(C)CCCN1. The highest BCUT2D eigenvalue weighted by Crippen LogP contribution is 2.00. The lowest BCUT2D eigenvalue weighted by atomic mass is 10.2. The molecule has 1 aliphatic rings. The van der Waals surface area contributed by atoms with Crippen molar-refractivity contribution in [1.82, 2.24) is 20.0 Å². The highest BCUT2D eigenvalue weighted by atomic mass is 16.5. The summed E-state index contributed by atoms with van der Waals surface area (Å²) in [7, 11) is 8.49. The molecule has 0 aromatic rings. The van der Waals surface area contributed by atoms with Crippen LogP contribution in [0.3, 0.4) is 0 Å². The smallest absolute Gasteiger partial charge is 0.108 e. The van der Waals surface area contributed by atoms with Crippen molar-refractivity contribution in [2.75, 3.05) is 74.1 Å². The van der Waals surface area contributed by atoms with E-state index in [0.29, 0.717) is 0 Å². The van der Waals surface area contributed by atoms with Gasteiger partial charge in [0, 0.05) is 13.7 Å². The van der Waals surface area contributed by atoms with Gasteiger partial charge >= 0.3 is 0 Å². The molecule has 0 aromatic carbocycles. The van der Waals surface area contributed by atoms with Crippen LogP contribution in [0.2, 0.25) is 0 Å². The van der Waals surface area contributed by atoms with E-state index in [1.165, 1.54) is 45.4 Å². The van der Waals surface area contributed by atoms with Crippen molar-refractivity contribution < 1.29 is 4.74 Å². The normalized spacial score (nSPS) is 27.7. The summed E-state index contributed by atoms with van der Waals surface area (Å²) < 4.78 is 5.53. The third-order valence-corrected chi connectivity index (χ3v) is 4.31. The Hall–Kier alpha value is -0.200. The first-order valence-electron chi connectivity index (χ1n) is 8.43. The van der Waals surface area contributed by atoms with Crippen LogP contribution in [0.15, 0.2) is 0 Å². The van der Waals surface area contributed by atoms with Gasteiger partial charge in [0.05, 0.1) is 0 Å². The highest BCUT2D eigenvalue weighted by Gasteiger charge is 2.09. The Bertz CT molecular complexity index is 252. The van der Waals surface area contributed by atoms with Gasteiger partial charge in [0.2, 0.25) is 0 Å². The van der Waals surface area contributed by atoms with E-state index in [4.69, 9.17) is 4.74 Å². The van der Waals surface area contributed by atoms with Crippen molar-refractivity contribution in [1.29, 1.82) is 0 Å². The molecule has 1 rings (SSSR count). The van der Waals surface area contributed by atoms with Crippen molar-refractivity contribution >= 4 is 0 Å². The largest absolute Gasteiger partial charge is 0.367 e. The molecule has 0 spiro atoms. The second-order valence-corrected chi connectivity index (χ2v) is 6.44. The van der Waals surface area contributed by atoms with Gasteiger partial charge in [0.15, 0.2) is 0 Å². The molecule has 1 atom stereocenters. The van der Waals surface area contributed by atoms with E-state index >= 15 is 0 Å². The fraction of sp³-hybridized carbons (Fsp3) is 1.00. The Morgan fingerprint density at radius 1 is 0.762 bits per heavy atom. The number of hydrogen-bond donors (Lipinski definition) is 1. The molecule has 1 N–H and O–H groups in total. The van der Waals surface area contributed by atoms with Crippen LogP contribution in [0.4, 0.5) is 0 Å². The Balaban J connectivity index is 2.39. The second kappa shape index (κ2) is 11.4. The molecule has 0 radical (unpaired) electrons. The number of ether oxygens (including phenoxy) is 1. The van der Waals surface area contributed by atoms with Crippen molar-refractivity contribution in [3.8, 4) is 0 Å². The number of hydrogen-bond acceptors (Lipinski definition) is 5. The molecule has 21 heavy (non-hydrogen) atoms. The Kier molecular flexibility index (Phi) is 10.2. The van der Waals surface area contributed by atoms with Crippen LogP contribution in [0.1, 0.15) is 25.7 Å². The van der Waals surface area contributed by atoms with Crippen molar-refractivity contribution in [3.63, 3.8) is 0 Å². The van der Waals surface area contributed by atoms with Crippen LogP contribution in [0.5, 0.6) is 0 Å². The minimum absolute atomic E-state index is 0.188. The minimum Gasteiger partial charge on any atom is -0.367 e. The lowest BCUT2D eigenvalue weighted by Crippen LogP contribution is -2.37. The molecule has 1 aliphatic heterocycles. The van der Waals surface area contributed by atoms with Crippen LogP contribution in [-0.2, 0) is 4.74 Å². The summed E-state index contributed by atoms with van der Waals surface area (Å²) in [6.07, 6.45) is 4.93. The van der Waals surface area contributed by atoms with E-state index in [1.807, 2.05) is 0 Å². The standard InChI is InChI=1S/C16H36N4O/c1-18-10-5-9-17-16(21-4)8-15-20(3)14-7-13-19(2)12-6-11-18/h16-17H,5-15H2,1-4H3. The molecule has 1 fully saturated rings. The first-order chi connectivity index (χ1) is 10.1. The van der Waals surface area contributed by atoms with Crippen molar-refractivity contribution in [3.05, 3.63) is 0 Å². The lowest BCUT2D eigenvalue weighted by Gasteiger charge is -2.25. The minimum atomic E-state index is 0.188. The predicted octanol–water partition coefficient (Wildman–Crippen LogP) is 0.918. The molecular formula is C16H36N4O. The fourth-order valence-electron chi connectivity index (χ4n) is 2.81. The van der Waals surface area contributed by atoms with E-state index in [2.05, 4.69) is 41.2 Å². The molecule has 0 aliphatic carbocycles. The maximum absolute atomic E-state index is 5.53. The summed E-state index contributed by atoms with van der Waals surface area (Å²) in [5.41, 5.74) is 0. The van der Waals surface area contributed by atoms with Gasteiger partial charge in [-0.2, -0.15) is 0 Å². The zero-order valence-electron chi connectivity index (χ0n) is 14.6. The van der Waals surface area contributed by atoms with E-state index in [-0.39, 0.29) is 6.23 Å². The quantitative estimate of drug-likeness (QED) is 0.778. The molecule has 1 heterocycles. The average molecular weight is 300 g/mol. The van der Waals surface area contributed by atoms with E-state index < -0.39 is 0 Å². The van der Waals surface area contributed by atoms with Gasteiger partial charge in [-0.25, -0.2) is 0 Å². The summed E-state index contributed by atoms with van der Waals surface area (Å²) in [6.45, 7) is 8.05. The maximum atomic E-state index is 5.53. The number of methoxy groups -OCH3 is 1. The molecule has 0 amide bonds. The highest BCUT2D eigenvalue weighted by molar-refractivity contribution is 4.64. The number of nitrogens with zero attached hydrogens (tertiary/aromatic N) is 3. The molecule has 0 saturated carbocycles. The Morgan fingerprint density at radius 2 is 1.24 bits per heavy atom. The second-order valence-electron chi connectivity index (χ2n) is 6.44. The van der Waals surface area contributed by atoms with Crippen molar-refractivity contribution in [2.45, 2.75) is 31.9 Å². The summed E-state index contributed by atoms with van der Waals surface area (Å²) in [4.78, 5) is 7.32. The summed E-state index contributed by atoms with van der Waals surface area (Å²) in [5, 5.41) is 3.52. The first kappa shape index (κ1) is 18.8. The van der Waals surface area contributed by atoms with Gasteiger partial charge < -0.3 is 19.4 Å². The predicted molar refractivity (Wildman–Crippen MR) is 89.8 cm³/mol. The third kappa shape index (κ3) is 9.42. The molecule has 0 bridgehead atoms. The summed E-state index contributed by atoms with van der Waals surface area (Å²) >= 11 is 0. The van der Waals surface area contributed by atoms with Crippen LogP contribution in [-0.4, -0.2) is 95.0 Å². The topological polar surface area (TPSA) is 31.0 Å². The molecule has 5 nitrogen and oxygen atoms in total. The Morgan fingerprint density at radius 3 is 1.76 bits per heavy atom. The van der Waals surface area contributed by atoms with Crippen LogP contribution in [0.25, 0.3) is 0 Å². The van der Waals surface area contributed by atoms with Gasteiger partial charge in [-0.15, -0.1) is 0 Å². The van der Waals surface area contributed by atoms with Gasteiger partial charge in [-0.3, -0.25) is 5.32 Å². The number of rotatable bonds is 1. The zero-order chi connectivity index (χ0) is 15.5. The Labute approximate surface area is 131 Å². The molecule has 126 valence electrons. The van der Waals surface area contributed by atoms with Gasteiger partial charge in [-0.1, -0.05) is 0 Å². The van der Waals surface area contributed by atoms with Crippen LogP contribution >= 0.6 is 0 Å². The maximum Gasteiger partial charge on any atom is 0.108 e. The van der Waals surface area contributed by atoms with Crippen LogP contribution in [0, 0.1) is 0 Å². The van der Waals surface area contributed by atoms with Gasteiger partial charge in [-0.05, 0) is 86.1 Å². The third-order valence-electron chi connectivity index (χ3n) is 4.31. The molecule has 0 aromatic heterocycles. The average Bonchev–Trinajstić information content (AvgIpc) is 2.45. The van der Waals surface area contributed by atoms with E-state index in [1.54, 1.807) is 7.11 Å². The van der Waals surface area contributed by atoms with E-state index in [0.717, 1.165) is 26.1 Å². The molecule has 1 unspecified atom stereocenters. The zero-order valence-corrected chi connectivity index (χ0v) is 14.6. The molecular weight excluding hydrogens is 264 g/mol.